The molecule has 0 radical (unpaired) electrons. The van der Waals surface area contributed by atoms with Gasteiger partial charge in [-0.1, -0.05) is 6.42 Å². The average Bonchev–Trinajstić information content (AvgIpc) is 3.19. The van der Waals surface area contributed by atoms with E-state index in [-0.39, 0.29) is 16.2 Å². The Balaban J connectivity index is 1.69. The first-order valence-electron chi connectivity index (χ1n) is 9.77. The largest absolute Gasteiger partial charge is 0.493 e. The first kappa shape index (κ1) is 22.6. The SMILES string of the molecule is COc1ccc(C(=O)NNC(=O)c2cc(S(=O)(=O)N3CCCCC3)cn2C)cc1OC. The molecule has 0 bridgehead atoms. The summed E-state index contributed by atoms with van der Waals surface area (Å²) in [5, 5.41) is 0. The Bertz CT molecular complexity index is 1070. The van der Waals surface area contributed by atoms with Gasteiger partial charge >= 0.3 is 0 Å². The van der Waals surface area contributed by atoms with E-state index in [0.29, 0.717) is 24.6 Å². The molecule has 0 aliphatic carbocycles. The summed E-state index contributed by atoms with van der Waals surface area (Å²) in [5.74, 6) is -0.369. The first-order chi connectivity index (χ1) is 14.8. The molecule has 10 nitrogen and oxygen atoms in total. The van der Waals surface area contributed by atoms with Crippen LogP contribution in [-0.2, 0) is 17.1 Å². The number of rotatable bonds is 6. The Hall–Kier alpha value is -3.05. The summed E-state index contributed by atoms with van der Waals surface area (Å²) >= 11 is 0. The summed E-state index contributed by atoms with van der Waals surface area (Å²) in [4.78, 5) is 25.0. The van der Waals surface area contributed by atoms with Crippen molar-refractivity contribution in [2.24, 2.45) is 7.05 Å². The number of hydrogen-bond acceptors (Lipinski definition) is 6. The van der Waals surface area contributed by atoms with Crippen molar-refractivity contribution in [1.82, 2.24) is 19.7 Å². The highest BCUT2D eigenvalue weighted by molar-refractivity contribution is 7.89. The van der Waals surface area contributed by atoms with Gasteiger partial charge in [-0.2, -0.15) is 4.31 Å². The maximum atomic E-state index is 12.8. The monoisotopic (exact) mass is 450 g/mol. The van der Waals surface area contributed by atoms with Crippen LogP contribution >= 0.6 is 0 Å². The first-order valence-corrected chi connectivity index (χ1v) is 11.2. The lowest BCUT2D eigenvalue weighted by Crippen LogP contribution is -2.42. The number of aryl methyl sites for hydroxylation is 1. The number of hydrazine groups is 1. The molecule has 0 spiro atoms. The van der Waals surface area contributed by atoms with Gasteiger partial charge in [0.05, 0.1) is 14.2 Å². The fraction of sp³-hybridized carbons (Fsp3) is 0.400. The Morgan fingerprint density at radius 1 is 0.935 bits per heavy atom. The lowest BCUT2D eigenvalue weighted by atomic mass is 10.2. The highest BCUT2D eigenvalue weighted by Crippen LogP contribution is 2.27. The smallest absolute Gasteiger partial charge is 0.286 e. The third kappa shape index (κ3) is 4.83. The molecule has 11 heteroatoms. The maximum absolute atomic E-state index is 12.8. The van der Waals surface area contributed by atoms with Crippen molar-refractivity contribution >= 4 is 21.8 Å². The molecule has 1 aromatic heterocycles. The van der Waals surface area contributed by atoms with Crippen LogP contribution in [-0.4, -0.2) is 56.4 Å². The highest BCUT2D eigenvalue weighted by atomic mass is 32.2. The second-order valence-electron chi connectivity index (χ2n) is 7.11. The van der Waals surface area contributed by atoms with Crippen molar-refractivity contribution in [2.75, 3.05) is 27.3 Å². The summed E-state index contributed by atoms with van der Waals surface area (Å²) in [5.41, 5.74) is 4.97. The van der Waals surface area contributed by atoms with Crippen molar-refractivity contribution in [3.63, 3.8) is 0 Å². The number of piperidine rings is 1. The van der Waals surface area contributed by atoms with E-state index in [1.54, 1.807) is 13.1 Å². The van der Waals surface area contributed by atoms with Gasteiger partial charge in [-0.05, 0) is 37.1 Å². The number of nitrogens with one attached hydrogen (secondary N) is 2. The standard InChI is InChI=1S/C20H26N4O6S/c1-23-13-15(31(27,28)24-9-5-4-6-10-24)12-16(23)20(26)22-21-19(25)14-7-8-17(29-2)18(11-14)30-3/h7-8,11-13H,4-6,9-10H2,1-3H3,(H,21,25)(H,22,26). The molecule has 1 saturated heterocycles. The van der Waals surface area contributed by atoms with Gasteiger partial charge in [0, 0.05) is 31.9 Å². The minimum absolute atomic E-state index is 0.0493. The van der Waals surface area contributed by atoms with Gasteiger partial charge < -0.3 is 14.0 Å². The second-order valence-corrected chi connectivity index (χ2v) is 9.05. The maximum Gasteiger partial charge on any atom is 0.286 e. The average molecular weight is 451 g/mol. The number of hydrogen-bond donors (Lipinski definition) is 2. The number of nitrogens with zero attached hydrogens (tertiary/aromatic N) is 2. The van der Waals surface area contributed by atoms with Crippen molar-refractivity contribution in [3.05, 3.63) is 41.7 Å². The van der Waals surface area contributed by atoms with Gasteiger partial charge in [-0.15, -0.1) is 0 Å². The molecular formula is C20H26N4O6S. The zero-order chi connectivity index (χ0) is 22.6. The molecule has 3 rings (SSSR count). The van der Waals surface area contributed by atoms with Crippen LogP contribution < -0.4 is 20.3 Å². The summed E-state index contributed by atoms with van der Waals surface area (Å²) in [6.45, 7) is 0.945. The summed E-state index contributed by atoms with van der Waals surface area (Å²) in [7, 11) is 0.838. The van der Waals surface area contributed by atoms with E-state index in [4.69, 9.17) is 9.47 Å². The van der Waals surface area contributed by atoms with Crippen LogP contribution in [0.3, 0.4) is 0 Å². The van der Waals surface area contributed by atoms with Crippen molar-refractivity contribution in [3.8, 4) is 11.5 Å². The Kier molecular flexibility index (Phi) is 6.86. The molecule has 2 amide bonds. The van der Waals surface area contributed by atoms with Crippen LogP contribution in [0.15, 0.2) is 35.4 Å². The van der Waals surface area contributed by atoms with Gasteiger partial charge in [-0.3, -0.25) is 20.4 Å². The van der Waals surface area contributed by atoms with Gasteiger partial charge in [0.15, 0.2) is 11.5 Å². The number of carbonyl (C=O) groups is 2. The van der Waals surface area contributed by atoms with Crippen LogP contribution in [0.1, 0.15) is 40.1 Å². The van der Waals surface area contributed by atoms with Crippen LogP contribution in [0.5, 0.6) is 11.5 Å². The van der Waals surface area contributed by atoms with Gasteiger partial charge in [-0.25, -0.2) is 8.42 Å². The Morgan fingerprint density at radius 3 is 2.23 bits per heavy atom. The molecule has 1 aliphatic rings. The zero-order valence-corrected chi connectivity index (χ0v) is 18.5. The molecule has 31 heavy (non-hydrogen) atoms. The van der Waals surface area contributed by atoms with Crippen LogP contribution in [0.25, 0.3) is 0 Å². The van der Waals surface area contributed by atoms with E-state index < -0.39 is 21.8 Å². The molecular weight excluding hydrogens is 424 g/mol. The number of sulfonamides is 1. The molecule has 2 N–H and O–H groups in total. The predicted octanol–water partition coefficient (Wildman–Crippen LogP) is 1.29. The topological polar surface area (TPSA) is 119 Å². The zero-order valence-electron chi connectivity index (χ0n) is 17.7. The molecule has 2 heterocycles. The molecule has 1 aliphatic heterocycles. The summed E-state index contributed by atoms with van der Waals surface area (Å²) < 4.78 is 38.8. The number of ether oxygens (including phenoxy) is 2. The number of aromatic nitrogens is 1. The number of amides is 2. The van der Waals surface area contributed by atoms with Gasteiger partial charge in [0.25, 0.3) is 11.8 Å². The highest BCUT2D eigenvalue weighted by Gasteiger charge is 2.28. The molecule has 0 unspecified atom stereocenters. The molecule has 0 atom stereocenters. The van der Waals surface area contributed by atoms with E-state index in [2.05, 4.69) is 10.9 Å². The van der Waals surface area contributed by atoms with Crippen LogP contribution in [0, 0.1) is 0 Å². The van der Waals surface area contributed by atoms with Gasteiger partial charge in [0.2, 0.25) is 10.0 Å². The van der Waals surface area contributed by atoms with E-state index in [9.17, 15) is 18.0 Å². The minimum Gasteiger partial charge on any atom is -0.493 e. The molecule has 1 fully saturated rings. The fourth-order valence-corrected chi connectivity index (χ4v) is 4.97. The van der Waals surface area contributed by atoms with Crippen molar-refractivity contribution in [2.45, 2.75) is 24.2 Å². The Morgan fingerprint density at radius 2 is 1.58 bits per heavy atom. The van der Waals surface area contributed by atoms with Gasteiger partial charge in [0.1, 0.15) is 10.6 Å². The van der Waals surface area contributed by atoms with Crippen LogP contribution in [0.4, 0.5) is 0 Å². The summed E-state index contributed by atoms with van der Waals surface area (Å²) in [6, 6.07) is 5.88. The number of carbonyl (C=O) groups excluding carboxylic acids is 2. The molecule has 2 aromatic rings. The third-order valence-electron chi connectivity index (χ3n) is 5.10. The van der Waals surface area contributed by atoms with E-state index in [1.807, 2.05) is 0 Å². The third-order valence-corrected chi connectivity index (χ3v) is 6.96. The fourth-order valence-electron chi connectivity index (χ4n) is 3.38. The predicted molar refractivity (Wildman–Crippen MR) is 113 cm³/mol. The number of methoxy groups -OCH3 is 2. The number of benzene rings is 1. The van der Waals surface area contributed by atoms with Crippen molar-refractivity contribution < 1.29 is 27.5 Å². The molecule has 168 valence electrons. The Labute approximate surface area is 181 Å². The van der Waals surface area contributed by atoms with Crippen LogP contribution in [0.2, 0.25) is 0 Å². The summed E-state index contributed by atoms with van der Waals surface area (Å²) in [6.07, 6.45) is 4.05. The lowest BCUT2D eigenvalue weighted by molar-refractivity contribution is 0.0842. The normalized spacial score (nSPS) is 14.7. The quantitative estimate of drug-likeness (QED) is 0.640. The van der Waals surface area contributed by atoms with E-state index in [0.717, 1.165) is 19.3 Å². The van der Waals surface area contributed by atoms with E-state index >= 15 is 0 Å². The minimum atomic E-state index is -3.67. The molecule has 0 saturated carbocycles. The molecule has 1 aromatic carbocycles. The lowest BCUT2D eigenvalue weighted by Gasteiger charge is -2.25. The van der Waals surface area contributed by atoms with E-state index in [1.165, 1.54) is 47.5 Å². The second kappa shape index (κ2) is 9.40. The van der Waals surface area contributed by atoms with Crippen molar-refractivity contribution in [1.29, 1.82) is 0 Å².